The van der Waals surface area contributed by atoms with Crippen LogP contribution in [0.2, 0.25) is 0 Å². The van der Waals surface area contributed by atoms with Crippen LogP contribution in [-0.4, -0.2) is 40.5 Å². The van der Waals surface area contributed by atoms with Crippen LogP contribution in [-0.2, 0) is 20.8 Å². The van der Waals surface area contributed by atoms with Gasteiger partial charge in [-0.25, -0.2) is 0 Å². The van der Waals surface area contributed by atoms with Crippen LogP contribution in [0.25, 0.3) is 0 Å². The van der Waals surface area contributed by atoms with Gasteiger partial charge in [-0.05, 0) is 53.9 Å². The van der Waals surface area contributed by atoms with Crippen LogP contribution in [0, 0.1) is 6.92 Å². The number of fused-ring (bicyclic) bond motifs is 1. The Morgan fingerprint density at radius 3 is 2.50 bits per heavy atom. The van der Waals surface area contributed by atoms with Gasteiger partial charge in [0.25, 0.3) is 5.91 Å². The van der Waals surface area contributed by atoms with Gasteiger partial charge in [0.05, 0.1) is 24.8 Å². The largest absolute Gasteiger partial charge is 0.481 e. The lowest BCUT2D eigenvalue weighted by Gasteiger charge is -2.18. The Kier molecular flexibility index (Phi) is 8.28. The van der Waals surface area contributed by atoms with Crippen molar-refractivity contribution in [2.75, 3.05) is 22.5 Å². The minimum absolute atomic E-state index is 0.0406. The van der Waals surface area contributed by atoms with Gasteiger partial charge < -0.3 is 30.9 Å². The maximum Gasteiger partial charge on any atom is 0.305 e. The van der Waals surface area contributed by atoms with Crippen molar-refractivity contribution in [3.63, 3.8) is 0 Å². The molecule has 1 aromatic heterocycles. The summed E-state index contributed by atoms with van der Waals surface area (Å²) in [6.07, 6.45) is -0.286. The fourth-order valence-corrected chi connectivity index (χ4v) is 4.81. The molecular weight excluding hydrogens is 538 g/mol. The lowest BCUT2D eigenvalue weighted by Crippen LogP contribution is -2.30. The molecule has 2 heterocycles. The van der Waals surface area contributed by atoms with E-state index in [1.807, 2.05) is 24.3 Å². The van der Waals surface area contributed by atoms with Gasteiger partial charge in [0, 0.05) is 29.7 Å². The quantitative estimate of drug-likeness (QED) is 0.190. The van der Waals surface area contributed by atoms with Crippen LogP contribution in [0.15, 0.2) is 83.4 Å². The fraction of sp³-hybridized carbons (Fsp3) is 0.194. The summed E-state index contributed by atoms with van der Waals surface area (Å²) in [6, 6.07) is 22.0. The van der Waals surface area contributed by atoms with E-state index >= 15 is 0 Å². The van der Waals surface area contributed by atoms with Gasteiger partial charge >= 0.3 is 5.97 Å². The smallest absolute Gasteiger partial charge is 0.305 e. The molecule has 214 valence electrons. The van der Waals surface area contributed by atoms with E-state index in [0.29, 0.717) is 29.2 Å². The van der Waals surface area contributed by atoms with Gasteiger partial charge in [-0.3, -0.25) is 19.2 Å². The molecule has 5 rings (SSSR count). The van der Waals surface area contributed by atoms with Gasteiger partial charge in [0.15, 0.2) is 5.69 Å². The molecule has 0 bridgehead atoms. The van der Waals surface area contributed by atoms with E-state index < -0.39 is 17.9 Å². The number of carboxylic acid groups (broad SMARTS) is 1. The van der Waals surface area contributed by atoms with Crippen molar-refractivity contribution in [3.8, 4) is 0 Å². The number of aryl methyl sites for hydroxylation is 1. The van der Waals surface area contributed by atoms with Crippen LogP contribution in [0.3, 0.4) is 0 Å². The molecule has 3 aromatic carbocycles. The number of benzene rings is 3. The van der Waals surface area contributed by atoms with Gasteiger partial charge in [-0.2, -0.15) is 0 Å². The third-order valence-corrected chi connectivity index (χ3v) is 6.85. The maximum atomic E-state index is 12.8. The summed E-state index contributed by atoms with van der Waals surface area (Å²) < 4.78 is 4.93. The molecule has 0 saturated carbocycles. The predicted octanol–water partition coefficient (Wildman–Crippen LogP) is 4.26. The van der Waals surface area contributed by atoms with Gasteiger partial charge in [0.2, 0.25) is 11.8 Å². The van der Waals surface area contributed by atoms with Crippen molar-refractivity contribution in [2.24, 2.45) is 0 Å². The van der Waals surface area contributed by atoms with Crippen molar-refractivity contribution in [1.29, 1.82) is 0 Å². The summed E-state index contributed by atoms with van der Waals surface area (Å²) in [7, 11) is 0. The maximum absolute atomic E-state index is 12.8. The fourth-order valence-electron chi connectivity index (χ4n) is 4.81. The molecule has 0 fully saturated rings. The summed E-state index contributed by atoms with van der Waals surface area (Å²) in [4.78, 5) is 49.7. The zero-order valence-corrected chi connectivity index (χ0v) is 22.7. The number of aliphatic carboxylic acids is 1. The molecule has 42 heavy (non-hydrogen) atoms. The van der Waals surface area contributed by atoms with Gasteiger partial charge in [0.1, 0.15) is 5.76 Å². The molecule has 0 saturated heterocycles. The summed E-state index contributed by atoms with van der Waals surface area (Å²) in [5.41, 5.74) is 4.31. The molecule has 0 aliphatic carbocycles. The van der Waals surface area contributed by atoms with E-state index in [4.69, 9.17) is 4.52 Å². The van der Waals surface area contributed by atoms with Crippen molar-refractivity contribution < 1.29 is 28.8 Å². The first kappa shape index (κ1) is 28.1. The third kappa shape index (κ3) is 6.81. The van der Waals surface area contributed by atoms with Crippen molar-refractivity contribution in [1.82, 2.24) is 10.5 Å². The molecule has 11 nitrogen and oxygen atoms in total. The SMILES string of the molecule is Cc1cc(C(=O)NC(CC(=O)O)c2cccc(NC(=O)Cc3ccc(NC(=O)C4CNc5ccccc54)cc3)c2)no1. The molecule has 3 amide bonds. The average molecular weight is 568 g/mol. The number of hydrogen-bond donors (Lipinski definition) is 5. The Hall–Kier alpha value is -5.45. The van der Waals surface area contributed by atoms with Crippen LogP contribution in [0.1, 0.15) is 51.3 Å². The zero-order valence-electron chi connectivity index (χ0n) is 22.7. The molecular formula is C31H29N5O6. The number of rotatable bonds is 10. The van der Waals surface area contributed by atoms with E-state index in [1.165, 1.54) is 6.07 Å². The first-order valence-corrected chi connectivity index (χ1v) is 13.3. The molecule has 1 aliphatic rings. The Labute approximate surface area is 241 Å². The second-order valence-electron chi connectivity index (χ2n) is 10.0. The lowest BCUT2D eigenvalue weighted by atomic mass is 10.0. The molecule has 2 unspecified atom stereocenters. The summed E-state index contributed by atoms with van der Waals surface area (Å²) >= 11 is 0. The number of nitrogens with zero attached hydrogens (tertiary/aromatic N) is 1. The predicted molar refractivity (Wildman–Crippen MR) is 155 cm³/mol. The highest BCUT2D eigenvalue weighted by Crippen LogP contribution is 2.32. The van der Waals surface area contributed by atoms with E-state index in [-0.39, 0.29) is 36.3 Å². The Morgan fingerprint density at radius 1 is 0.976 bits per heavy atom. The Balaban J connectivity index is 1.18. The molecule has 1 aliphatic heterocycles. The minimum Gasteiger partial charge on any atom is -0.481 e. The number of hydrogen-bond acceptors (Lipinski definition) is 7. The third-order valence-electron chi connectivity index (χ3n) is 6.85. The molecule has 2 atom stereocenters. The summed E-state index contributed by atoms with van der Waals surface area (Å²) in [5, 5.41) is 24.7. The molecule has 5 N–H and O–H groups in total. The molecule has 0 spiro atoms. The van der Waals surface area contributed by atoms with E-state index in [9.17, 15) is 24.3 Å². The highest BCUT2D eigenvalue weighted by molar-refractivity contribution is 5.98. The minimum atomic E-state index is -1.10. The van der Waals surface area contributed by atoms with E-state index in [2.05, 4.69) is 26.4 Å². The van der Waals surface area contributed by atoms with E-state index in [1.54, 1.807) is 55.5 Å². The first-order valence-electron chi connectivity index (χ1n) is 13.3. The molecule has 11 heteroatoms. The number of para-hydroxylation sites is 1. The van der Waals surface area contributed by atoms with Crippen molar-refractivity contribution in [3.05, 3.63) is 107 Å². The monoisotopic (exact) mass is 567 g/mol. The molecule has 0 radical (unpaired) electrons. The number of amides is 3. The number of carboxylic acids is 1. The number of anilines is 3. The van der Waals surface area contributed by atoms with Crippen LogP contribution >= 0.6 is 0 Å². The van der Waals surface area contributed by atoms with Gasteiger partial charge in [-0.1, -0.05) is 47.6 Å². The normalized spacial score (nSPS) is 14.3. The highest BCUT2D eigenvalue weighted by atomic mass is 16.5. The number of carbonyl (C=O) groups is 4. The Bertz CT molecular complexity index is 1630. The molecule has 4 aromatic rings. The zero-order chi connectivity index (χ0) is 29.6. The summed E-state index contributed by atoms with van der Waals surface area (Å²) in [6.45, 7) is 2.18. The van der Waals surface area contributed by atoms with Crippen LogP contribution in [0.4, 0.5) is 17.1 Å². The van der Waals surface area contributed by atoms with Crippen LogP contribution in [0.5, 0.6) is 0 Å². The number of aromatic nitrogens is 1. The average Bonchev–Trinajstić information content (AvgIpc) is 3.60. The van der Waals surface area contributed by atoms with Crippen molar-refractivity contribution >= 4 is 40.8 Å². The van der Waals surface area contributed by atoms with Crippen molar-refractivity contribution in [2.45, 2.75) is 31.7 Å². The second-order valence-corrected chi connectivity index (χ2v) is 10.0. The van der Waals surface area contributed by atoms with Crippen LogP contribution < -0.4 is 21.3 Å². The van der Waals surface area contributed by atoms with Gasteiger partial charge in [-0.15, -0.1) is 0 Å². The lowest BCUT2D eigenvalue weighted by molar-refractivity contribution is -0.137. The second kappa shape index (κ2) is 12.4. The van der Waals surface area contributed by atoms with E-state index in [0.717, 1.165) is 16.8 Å². The summed E-state index contributed by atoms with van der Waals surface area (Å²) in [5.74, 6) is -1.89. The topological polar surface area (TPSA) is 163 Å². The first-order chi connectivity index (χ1) is 20.2. The standard InChI is InChI=1S/C31H29N5O6/c1-18-13-27(36-42-18)31(41)35-26(16-29(38)39)20-5-4-6-22(15-20)33-28(37)14-19-9-11-21(12-10-19)34-30(40)24-17-32-25-8-3-2-7-23(24)25/h2-13,15,24,26,32H,14,16-17H2,1H3,(H,33,37)(H,34,40)(H,35,41)(H,38,39). The Morgan fingerprint density at radius 2 is 1.76 bits per heavy atom. The number of nitrogens with one attached hydrogen (secondary N) is 4. The number of carbonyl (C=O) groups excluding carboxylic acids is 3. The highest BCUT2D eigenvalue weighted by Gasteiger charge is 2.28.